The smallest absolute Gasteiger partial charge is 0.331 e. The van der Waals surface area contributed by atoms with Crippen LogP contribution in [0, 0.1) is 19.7 Å². The van der Waals surface area contributed by atoms with Gasteiger partial charge in [0.2, 0.25) is 6.10 Å². The van der Waals surface area contributed by atoms with E-state index in [9.17, 15) is 14.0 Å². The Morgan fingerprint density at radius 2 is 1.77 bits per heavy atom. The molecule has 0 aliphatic carbocycles. The molecule has 30 heavy (non-hydrogen) atoms. The van der Waals surface area contributed by atoms with Gasteiger partial charge in [-0.15, -0.1) is 0 Å². The first kappa shape index (κ1) is 21.0. The number of aryl methyl sites for hydroxylation is 2. The lowest BCUT2D eigenvalue weighted by Crippen LogP contribution is -2.25. The van der Waals surface area contributed by atoms with E-state index < -0.39 is 23.8 Å². The molecule has 0 aliphatic heterocycles. The average molecular weight is 407 g/mol. The van der Waals surface area contributed by atoms with Crippen molar-refractivity contribution in [3.05, 3.63) is 89.0 Å². The van der Waals surface area contributed by atoms with Crippen LogP contribution in [0.4, 0.5) is 10.1 Å². The van der Waals surface area contributed by atoms with Crippen molar-refractivity contribution in [3.8, 4) is 0 Å². The molecule has 0 spiro atoms. The van der Waals surface area contributed by atoms with Crippen molar-refractivity contribution in [2.24, 2.45) is 7.05 Å². The fraction of sp³-hybridized carbons (Fsp3) is 0.174. The van der Waals surface area contributed by atoms with E-state index in [0.29, 0.717) is 11.3 Å². The molecule has 3 rings (SSSR count). The Bertz CT molecular complexity index is 1070. The lowest BCUT2D eigenvalue weighted by atomic mass is 10.1. The molecule has 0 unspecified atom stereocenters. The van der Waals surface area contributed by atoms with Gasteiger partial charge in [0, 0.05) is 35.6 Å². The predicted molar refractivity (Wildman–Crippen MR) is 112 cm³/mol. The minimum absolute atomic E-state index is 0.399. The summed E-state index contributed by atoms with van der Waals surface area (Å²) in [5, 5.41) is 6.95. The number of benzene rings is 2. The van der Waals surface area contributed by atoms with Gasteiger partial charge < -0.3 is 10.1 Å². The number of anilines is 1. The molecule has 154 valence electrons. The number of carbonyl (C=O) groups is 2. The van der Waals surface area contributed by atoms with Gasteiger partial charge in [0.15, 0.2) is 0 Å². The highest BCUT2D eigenvalue weighted by Gasteiger charge is 2.24. The first-order chi connectivity index (χ1) is 14.3. The van der Waals surface area contributed by atoms with Crippen LogP contribution in [-0.2, 0) is 21.4 Å². The Kier molecular flexibility index (Phi) is 6.41. The number of aromatic nitrogens is 2. The molecule has 0 aliphatic rings. The number of rotatable bonds is 6. The lowest BCUT2D eigenvalue weighted by Gasteiger charge is -2.17. The largest absolute Gasteiger partial charge is 0.444 e. The summed E-state index contributed by atoms with van der Waals surface area (Å²) in [5.74, 6) is -1.62. The van der Waals surface area contributed by atoms with Crippen molar-refractivity contribution < 1.29 is 18.7 Å². The van der Waals surface area contributed by atoms with Crippen LogP contribution in [0.2, 0.25) is 0 Å². The molecule has 1 heterocycles. The maximum absolute atomic E-state index is 13.1. The molecule has 1 aromatic heterocycles. The van der Waals surface area contributed by atoms with E-state index in [1.165, 1.54) is 30.3 Å². The first-order valence-electron chi connectivity index (χ1n) is 9.35. The van der Waals surface area contributed by atoms with Crippen LogP contribution in [0.15, 0.2) is 60.7 Å². The van der Waals surface area contributed by atoms with Gasteiger partial charge in [-0.3, -0.25) is 9.48 Å². The van der Waals surface area contributed by atoms with Crippen LogP contribution in [0.3, 0.4) is 0 Å². The van der Waals surface area contributed by atoms with Gasteiger partial charge in [-0.1, -0.05) is 30.3 Å². The monoisotopic (exact) mass is 407 g/mol. The van der Waals surface area contributed by atoms with E-state index in [0.717, 1.165) is 17.0 Å². The van der Waals surface area contributed by atoms with Crippen molar-refractivity contribution in [1.29, 1.82) is 0 Å². The maximum atomic E-state index is 13.1. The Morgan fingerprint density at radius 3 is 2.37 bits per heavy atom. The van der Waals surface area contributed by atoms with E-state index in [2.05, 4.69) is 10.4 Å². The zero-order valence-corrected chi connectivity index (χ0v) is 16.9. The fourth-order valence-electron chi connectivity index (χ4n) is 2.98. The number of esters is 1. The molecule has 0 saturated heterocycles. The van der Waals surface area contributed by atoms with Gasteiger partial charge in [0.1, 0.15) is 5.82 Å². The van der Waals surface area contributed by atoms with E-state index in [1.807, 2.05) is 20.9 Å². The van der Waals surface area contributed by atoms with Crippen LogP contribution in [0.5, 0.6) is 0 Å². The van der Waals surface area contributed by atoms with E-state index >= 15 is 0 Å². The van der Waals surface area contributed by atoms with Crippen LogP contribution in [0.1, 0.15) is 28.6 Å². The third-order valence-electron chi connectivity index (χ3n) is 4.64. The summed E-state index contributed by atoms with van der Waals surface area (Å²) in [6, 6.07) is 14.0. The number of amides is 1. The topological polar surface area (TPSA) is 73.2 Å². The van der Waals surface area contributed by atoms with Crippen molar-refractivity contribution in [1.82, 2.24) is 9.78 Å². The third kappa shape index (κ3) is 5.00. The van der Waals surface area contributed by atoms with Gasteiger partial charge >= 0.3 is 5.97 Å². The number of nitrogens with one attached hydrogen (secondary N) is 1. The third-order valence-corrected chi connectivity index (χ3v) is 4.64. The van der Waals surface area contributed by atoms with Crippen molar-refractivity contribution in [2.75, 3.05) is 5.32 Å². The summed E-state index contributed by atoms with van der Waals surface area (Å²) < 4.78 is 20.3. The maximum Gasteiger partial charge on any atom is 0.331 e. The predicted octanol–water partition coefficient (Wildman–Crippen LogP) is 4.11. The molecule has 3 aromatic rings. The highest BCUT2D eigenvalue weighted by Crippen LogP contribution is 2.21. The Morgan fingerprint density at radius 1 is 1.10 bits per heavy atom. The van der Waals surface area contributed by atoms with Crippen LogP contribution in [-0.4, -0.2) is 21.7 Å². The van der Waals surface area contributed by atoms with Gasteiger partial charge in [-0.25, -0.2) is 9.18 Å². The summed E-state index contributed by atoms with van der Waals surface area (Å²) in [7, 11) is 1.82. The molecule has 1 N–H and O–H groups in total. The average Bonchev–Trinajstić information content (AvgIpc) is 2.98. The quantitative estimate of drug-likeness (QED) is 0.493. The number of hydrogen-bond acceptors (Lipinski definition) is 4. The number of ether oxygens (including phenoxy) is 1. The van der Waals surface area contributed by atoms with Gasteiger partial charge in [0.05, 0.1) is 5.69 Å². The molecule has 0 saturated carbocycles. The zero-order valence-electron chi connectivity index (χ0n) is 16.9. The van der Waals surface area contributed by atoms with Crippen LogP contribution >= 0.6 is 0 Å². The molecule has 0 fully saturated rings. The molecule has 1 atom stereocenters. The standard InChI is InChI=1S/C23H22FN3O3/c1-15-20(16(2)27(3)26-15)13-14-21(28)30-22(17-7-5-4-6-8-17)23(29)25-19-11-9-18(24)10-12-19/h4-14,22H,1-3H3,(H,25,29)/b14-13+/t22-/m1/s1. The van der Waals surface area contributed by atoms with Gasteiger partial charge in [-0.05, 0) is 44.2 Å². The molecule has 0 radical (unpaired) electrons. The molecular weight excluding hydrogens is 385 g/mol. The summed E-state index contributed by atoms with van der Waals surface area (Å²) in [6.07, 6.45) is 1.74. The van der Waals surface area contributed by atoms with E-state index in [-0.39, 0.29) is 0 Å². The Balaban J connectivity index is 1.78. The molecular formula is C23H22FN3O3. The van der Waals surface area contributed by atoms with E-state index in [4.69, 9.17) is 4.74 Å². The summed E-state index contributed by atoms with van der Waals surface area (Å²) >= 11 is 0. The van der Waals surface area contributed by atoms with Gasteiger partial charge in [-0.2, -0.15) is 5.10 Å². The Hall–Kier alpha value is -3.74. The van der Waals surface area contributed by atoms with Crippen molar-refractivity contribution >= 4 is 23.6 Å². The zero-order chi connectivity index (χ0) is 21.7. The lowest BCUT2D eigenvalue weighted by molar-refractivity contribution is -0.149. The molecule has 1 amide bonds. The minimum atomic E-state index is -1.16. The van der Waals surface area contributed by atoms with Crippen molar-refractivity contribution in [2.45, 2.75) is 20.0 Å². The Labute approximate surface area is 174 Å². The SMILES string of the molecule is Cc1nn(C)c(C)c1/C=C/C(=O)O[C@@H](C(=O)Nc1ccc(F)cc1)c1ccccc1. The highest BCUT2D eigenvalue weighted by molar-refractivity contribution is 5.97. The van der Waals surface area contributed by atoms with Crippen molar-refractivity contribution in [3.63, 3.8) is 0 Å². The summed E-state index contributed by atoms with van der Waals surface area (Å²) in [4.78, 5) is 25.3. The first-order valence-corrected chi connectivity index (χ1v) is 9.35. The number of nitrogens with zero attached hydrogens (tertiary/aromatic N) is 2. The number of halogens is 1. The minimum Gasteiger partial charge on any atom is -0.444 e. The van der Waals surface area contributed by atoms with E-state index in [1.54, 1.807) is 41.1 Å². The van der Waals surface area contributed by atoms with Gasteiger partial charge in [0.25, 0.3) is 5.91 Å². The van der Waals surface area contributed by atoms with Crippen LogP contribution in [0.25, 0.3) is 6.08 Å². The molecule has 2 aromatic carbocycles. The number of hydrogen-bond donors (Lipinski definition) is 1. The second-order valence-corrected chi connectivity index (χ2v) is 6.77. The second kappa shape index (κ2) is 9.17. The normalized spacial score (nSPS) is 12.0. The number of carbonyl (C=O) groups excluding carboxylic acids is 2. The second-order valence-electron chi connectivity index (χ2n) is 6.77. The molecule has 7 heteroatoms. The molecule has 0 bridgehead atoms. The highest BCUT2D eigenvalue weighted by atomic mass is 19.1. The molecule has 6 nitrogen and oxygen atoms in total. The fourth-order valence-corrected chi connectivity index (χ4v) is 2.98. The summed E-state index contributed by atoms with van der Waals surface area (Å²) in [6.45, 7) is 3.74. The van der Waals surface area contributed by atoms with Crippen LogP contribution < -0.4 is 5.32 Å². The summed E-state index contributed by atoms with van der Waals surface area (Å²) in [5.41, 5.74) is 3.43.